The Labute approximate surface area is 181 Å². The molecule has 1 aromatic carbocycles. The van der Waals surface area contributed by atoms with Gasteiger partial charge >= 0.3 is 0 Å². The summed E-state index contributed by atoms with van der Waals surface area (Å²) in [5, 5.41) is 2.63. The lowest BCUT2D eigenvalue weighted by molar-refractivity contribution is -0.122. The van der Waals surface area contributed by atoms with Crippen LogP contribution in [0.1, 0.15) is 29.6 Å². The summed E-state index contributed by atoms with van der Waals surface area (Å²) in [4.78, 5) is 27.0. The first-order chi connectivity index (χ1) is 14.4. The molecule has 1 aromatic rings. The molecule has 3 saturated heterocycles. The van der Waals surface area contributed by atoms with Gasteiger partial charge in [0.25, 0.3) is 5.91 Å². The van der Waals surface area contributed by atoms with Gasteiger partial charge in [0, 0.05) is 43.6 Å². The number of benzene rings is 1. The van der Waals surface area contributed by atoms with Gasteiger partial charge in [0.15, 0.2) is 0 Å². The monoisotopic (exact) mass is 453 g/mol. The second-order valence-corrected chi connectivity index (χ2v) is 10.9. The average molecular weight is 454 g/mol. The Kier molecular flexibility index (Phi) is 6.66. The van der Waals surface area contributed by atoms with Crippen molar-refractivity contribution in [2.24, 2.45) is 0 Å². The van der Waals surface area contributed by atoms with Crippen LogP contribution in [-0.2, 0) is 19.6 Å². The van der Waals surface area contributed by atoms with Crippen LogP contribution in [0, 0.1) is 0 Å². The van der Waals surface area contributed by atoms with E-state index in [0.717, 1.165) is 41.7 Å². The number of amides is 2. The molecule has 2 atom stereocenters. The predicted molar refractivity (Wildman–Crippen MR) is 114 cm³/mol. The maximum absolute atomic E-state index is 13.4. The topological polar surface area (TPSA) is 96.0 Å². The van der Waals surface area contributed by atoms with E-state index >= 15 is 0 Å². The fourth-order valence-corrected chi connectivity index (χ4v) is 6.77. The lowest BCUT2D eigenvalue weighted by Gasteiger charge is -2.31. The Morgan fingerprint density at radius 2 is 2.20 bits per heavy atom. The number of sulfonamides is 1. The molecule has 2 unspecified atom stereocenters. The molecule has 0 radical (unpaired) electrons. The van der Waals surface area contributed by atoms with Gasteiger partial charge in [0.2, 0.25) is 15.9 Å². The van der Waals surface area contributed by atoms with E-state index in [1.165, 1.54) is 12.1 Å². The largest absolute Gasteiger partial charge is 0.376 e. The molecule has 0 spiro atoms. The summed E-state index contributed by atoms with van der Waals surface area (Å²) in [6.07, 6.45) is 2.92. The van der Waals surface area contributed by atoms with Gasteiger partial charge in [0.05, 0.1) is 17.5 Å². The van der Waals surface area contributed by atoms with Crippen molar-refractivity contribution in [2.75, 3.05) is 44.3 Å². The summed E-state index contributed by atoms with van der Waals surface area (Å²) >= 11 is 1.83. The smallest absolute Gasteiger partial charge is 0.254 e. The van der Waals surface area contributed by atoms with Crippen LogP contribution in [0.2, 0.25) is 0 Å². The molecule has 164 valence electrons. The van der Waals surface area contributed by atoms with Crippen LogP contribution in [0.5, 0.6) is 0 Å². The zero-order chi connectivity index (χ0) is 21.1. The molecule has 10 heteroatoms. The maximum Gasteiger partial charge on any atom is 0.254 e. The second kappa shape index (κ2) is 9.25. The first kappa shape index (κ1) is 21.6. The van der Waals surface area contributed by atoms with Gasteiger partial charge in [-0.3, -0.25) is 9.59 Å². The number of thioether (sulfide) groups is 1. The van der Waals surface area contributed by atoms with Crippen molar-refractivity contribution in [1.29, 1.82) is 0 Å². The molecule has 3 heterocycles. The van der Waals surface area contributed by atoms with E-state index in [0.29, 0.717) is 12.1 Å². The Balaban J connectivity index is 1.57. The molecular formula is C20H27N3O5S2. The van der Waals surface area contributed by atoms with Crippen LogP contribution >= 0.6 is 11.8 Å². The zero-order valence-corrected chi connectivity index (χ0v) is 18.4. The van der Waals surface area contributed by atoms with Crippen LogP contribution in [-0.4, -0.2) is 85.9 Å². The lowest BCUT2D eigenvalue weighted by Crippen LogP contribution is -2.49. The first-order valence-corrected chi connectivity index (χ1v) is 12.9. The highest BCUT2D eigenvalue weighted by Crippen LogP contribution is 2.27. The minimum absolute atomic E-state index is 0.0401. The second-order valence-electron chi connectivity index (χ2n) is 7.83. The summed E-state index contributed by atoms with van der Waals surface area (Å²) in [5.41, 5.74) is 0.354. The zero-order valence-electron chi connectivity index (χ0n) is 16.8. The molecule has 0 saturated carbocycles. The molecule has 8 nitrogen and oxygen atoms in total. The lowest BCUT2D eigenvalue weighted by atomic mass is 10.1. The van der Waals surface area contributed by atoms with E-state index in [9.17, 15) is 18.0 Å². The molecule has 2 amide bonds. The number of hydrogen-bond acceptors (Lipinski definition) is 6. The molecule has 0 aliphatic carbocycles. The van der Waals surface area contributed by atoms with E-state index in [2.05, 4.69) is 5.32 Å². The summed E-state index contributed by atoms with van der Waals surface area (Å²) in [7, 11) is -3.85. The first-order valence-electron chi connectivity index (χ1n) is 10.3. The van der Waals surface area contributed by atoms with Gasteiger partial charge in [-0.1, -0.05) is 6.07 Å². The SMILES string of the molecule is O=C1CN(S(=O)(=O)c2cccc(C(=O)N(CC3CCCO3)C3CCSC3)c2)CCN1. The molecule has 0 aromatic heterocycles. The van der Waals surface area contributed by atoms with Crippen molar-refractivity contribution >= 4 is 33.6 Å². The van der Waals surface area contributed by atoms with E-state index in [1.807, 2.05) is 16.7 Å². The van der Waals surface area contributed by atoms with Gasteiger partial charge in [-0.15, -0.1) is 0 Å². The van der Waals surface area contributed by atoms with Gasteiger partial charge in [-0.05, 0) is 43.2 Å². The van der Waals surface area contributed by atoms with Crippen molar-refractivity contribution in [3.63, 3.8) is 0 Å². The maximum atomic E-state index is 13.4. The number of nitrogens with zero attached hydrogens (tertiary/aromatic N) is 2. The summed E-state index contributed by atoms with van der Waals surface area (Å²) in [5.74, 6) is 1.43. The van der Waals surface area contributed by atoms with Crippen LogP contribution < -0.4 is 5.32 Å². The van der Waals surface area contributed by atoms with E-state index in [4.69, 9.17) is 4.74 Å². The highest BCUT2D eigenvalue weighted by atomic mass is 32.2. The quantitative estimate of drug-likeness (QED) is 0.689. The number of rotatable bonds is 6. The van der Waals surface area contributed by atoms with Gasteiger partial charge in [0.1, 0.15) is 0 Å². The van der Waals surface area contributed by atoms with E-state index in [1.54, 1.807) is 12.1 Å². The molecule has 0 bridgehead atoms. The molecule has 1 N–H and O–H groups in total. The summed E-state index contributed by atoms with van der Waals surface area (Å²) in [6.45, 7) is 1.56. The standard InChI is InChI=1S/C20H27N3O5S2/c24-19-13-22(8-7-21-19)30(26,27)18-5-1-3-15(11-18)20(25)23(16-6-10-29-14-16)12-17-4-2-9-28-17/h1,3,5,11,16-17H,2,4,6-10,12-14H2,(H,21,24). The van der Waals surface area contributed by atoms with Crippen LogP contribution in [0.4, 0.5) is 0 Å². The molecule has 4 rings (SSSR count). The third-order valence-corrected chi connectivity index (χ3v) is 8.74. The Morgan fingerprint density at radius 1 is 1.33 bits per heavy atom. The highest BCUT2D eigenvalue weighted by Gasteiger charge is 2.33. The van der Waals surface area contributed by atoms with Crippen LogP contribution in [0.3, 0.4) is 0 Å². The van der Waals surface area contributed by atoms with Crippen molar-refractivity contribution in [3.8, 4) is 0 Å². The number of nitrogens with one attached hydrogen (secondary N) is 1. The average Bonchev–Trinajstić information content (AvgIpc) is 3.46. The number of carbonyl (C=O) groups excluding carboxylic acids is 2. The van der Waals surface area contributed by atoms with Crippen molar-refractivity contribution in [2.45, 2.75) is 36.3 Å². The van der Waals surface area contributed by atoms with Gasteiger partial charge < -0.3 is 15.0 Å². The third-order valence-electron chi connectivity index (χ3n) is 5.75. The van der Waals surface area contributed by atoms with Gasteiger partial charge in [-0.2, -0.15) is 16.1 Å². The molecule has 30 heavy (non-hydrogen) atoms. The molecule has 3 fully saturated rings. The van der Waals surface area contributed by atoms with Crippen molar-refractivity contribution < 1.29 is 22.7 Å². The summed E-state index contributed by atoms with van der Waals surface area (Å²) in [6, 6.07) is 6.31. The fraction of sp³-hybridized carbons (Fsp3) is 0.600. The summed E-state index contributed by atoms with van der Waals surface area (Å²) < 4.78 is 32.9. The Morgan fingerprint density at radius 3 is 2.90 bits per heavy atom. The molecule has 3 aliphatic rings. The fourth-order valence-electron chi connectivity index (χ4n) is 4.10. The molecular weight excluding hydrogens is 426 g/mol. The number of piperazine rings is 1. The van der Waals surface area contributed by atoms with Gasteiger partial charge in [-0.25, -0.2) is 8.42 Å². The Bertz CT molecular complexity index is 895. The minimum atomic E-state index is -3.85. The Hall–Kier alpha value is -1.62. The third kappa shape index (κ3) is 4.66. The van der Waals surface area contributed by atoms with Crippen LogP contribution in [0.25, 0.3) is 0 Å². The van der Waals surface area contributed by atoms with Crippen molar-refractivity contribution in [1.82, 2.24) is 14.5 Å². The highest BCUT2D eigenvalue weighted by molar-refractivity contribution is 7.99. The minimum Gasteiger partial charge on any atom is -0.376 e. The number of carbonyl (C=O) groups is 2. The normalized spacial score (nSPS) is 25.3. The van der Waals surface area contributed by atoms with E-state index < -0.39 is 10.0 Å². The predicted octanol–water partition coefficient (Wildman–Crippen LogP) is 0.934. The molecule has 3 aliphatic heterocycles. The van der Waals surface area contributed by atoms with Crippen molar-refractivity contribution in [3.05, 3.63) is 29.8 Å². The van der Waals surface area contributed by atoms with E-state index in [-0.39, 0.29) is 48.5 Å². The number of ether oxygens (including phenoxy) is 1. The number of hydrogen-bond donors (Lipinski definition) is 1. The van der Waals surface area contributed by atoms with Crippen LogP contribution in [0.15, 0.2) is 29.2 Å².